The first-order chi connectivity index (χ1) is 20.5. The molecule has 0 amide bonds. The van der Waals surface area contributed by atoms with E-state index in [2.05, 4.69) is 92.6 Å². The van der Waals surface area contributed by atoms with Crippen LogP contribution < -0.4 is 10.6 Å². The third-order valence-electron chi connectivity index (χ3n) is 7.90. The average molecular weight is 591 g/mol. The Kier molecular flexibility index (Phi) is 10.5. The quantitative estimate of drug-likeness (QED) is 0.215. The minimum absolute atomic E-state index is 0.0720. The van der Waals surface area contributed by atoms with Gasteiger partial charge in [0.1, 0.15) is 0 Å². The molecule has 1 unspecified atom stereocenters. The lowest BCUT2D eigenvalue weighted by atomic mass is 9.92. The predicted octanol–water partition coefficient (Wildman–Crippen LogP) is 9.18. The zero-order chi connectivity index (χ0) is 31.1. The van der Waals surface area contributed by atoms with Gasteiger partial charge in [-0.3, -0.25) is 4.99 Å². The van der Waals surface area contributed by atoms with Crippen LogP contribution in [0.25, 0.3) is 5.57 Å². The van der Waals surface area contributed by atoms with Gasteiger partial charge in [0.2, 0.25) is 0 Å². The molecule has 5 heteroatoms. The molecule has 0 radical (unpaired) electrons. The van der Waals surface area contributed by atoms with Gasteiger partial charge in [0.25, 0.3) is 0 Å². The zero-order valence-corrected chi connectivity index (χ0v) is 26.5. The van der Waals surface area contributed by atoms with E-state index in [1.54, 1.807) is 0 Å². The number of rotatable bonds is 14. The van der Waals surface area contributed by atoms with Gasteiger partial charge in [0.05, 0.1) is 23.5 Å². The highest BCUT2D eigenvalue weighted by atomic mass is 35.5. The molecule has 0 fully saturated rings. The first-order valence-electron chi connectivity index (χ1n) is 14.7. The molecular weight excluding hydrogens is 548 g/mol. The molecule has 0 spiro atoms. The van der Waals surface area contributed by atoms with Gasteiger partial charge in [0, 0.05) is 46.5 Å². The van der Waals surface area contributed by atoms with E-state index in [0.717, 1.165) is 80.6 Å². The average Bonchev–Trinajstić information content (AvgIpc) is 3.46. The van der Waals surface area contributed by atoms with Crippen molar-refractivity contribution in [3.8, 4) is 0 Å². The van der Waals surface area contributed by atoms with Crippen LogP contribution in [0.3, 0.4) is 0 Å². The van der Waals surface area contributed by atoms with Crippen molar-refractivity contribution < 1.29 is 0 Å². The maximum Gasteiger partial charge on any atom is 0.0698 e. The van der Waals surface area contributed by atoms with Crippen LogP contribution in [0.15, 0.2) is 145 Å². The van der Waals surface area contributed by atoms with E-state index < -0.39 is 0 Å². The molecule has 0 aliphatic carbocycles. The van der Waals surface area contributed by atoms with Crippen molar-refractivity contribution in [3.63, 3.8) is 0 Å². The summed E-state index contributed by atoms with van der Waals surface area (Å²) < 4.78 is 0. The lowest BCUT2D eigenvalue weighted by Gasteiger charge is -2.36. The second kappa shape index (κ2) is 14.3. The number of hydrogen-bond donors (Lipinski definition) is 2. The second-order valence-corrected chi connectivity index (χ2v) is 11.8. The van der Waals surface area contributed by atoms with E-state index in [1.165, 1.54) is 5.56 Å². The number of hydrogen-bond acceptors (Lipinski definition) is 4. The summed E-state index contributed by atoms with van der Waals surface area (Å²) in [5.41, 5.74) is 11.1. The Labute approximate surface area is 263 Å². The van der Waals surface area contributed by atoms with Crippen molar-refractivity contribution in [2.45, 2.75) is 58.5 Å². The molecule has 2 aliphatic heterocycles. The summed E-state index contributed by atoms with van der Waals surface area (Å²) >= 11 is 6.56. The van der Waals surface area contributed by atoms with Crippen molar-refractivity contribution in [2.75, 3.05) is 0 Å². The van der Waals surface area contributed by atoms with Crippen LogP contribution in [0.5, 0.6) is 0 Å². The number of allylic oxidation sites excluding steroid dienone is 4. The lowest BCUT2D eigenvalue weighted by molar-refractivity contribution is 0.381. The maximum atomic E-state index is 6.56. The Bertz CT molecular complexity index is 1530. The van der Waals surface area contributed by atoms with Gasteiger partial charge in [-0.05, 0) is 80.5 Å². The van der Waals surface area contributed by atoms with Crippen molar-refractivity contribution in [1.82, 2.24) is 15.5 Å². The molecular formula is C38H43ClN4. The Morgan fingerprint density at radius 1 is 1.07 bits per heavy atom. The van der Waals surface area contributed by atoms with E-state index in [1.807, 2.05) is 49.7 Å². The van der Waals surface area contributed by atoms with Gasteiger partial charge in [-0.2, -0.15) is 0 Å². The third-order valence-corrected chi connectivity index (χ3v) is 8.22. The molecule has 2 heterocycles. The Morgan fingerprint density at radius 2 is 1.81 bits per heavy atom. The highest BCUT2D eigenvalue weighted by molar-refractivity contribution is 6.32. The summed E-state index contributed by atoms with van der Waals surface area (Å²) in [5, 5.41) is 7.87. The molecule has 0 saturated carbocycles. The van der Waals surface area contributed by atoms with Crippen LogP contribution in [0.4, 0.5) is 0 Å². The molecule has 0 aromatic heterocycles. The van der Waals surface area contributed by atoms with Crippen LogP contribution in [-0.2, 0) is 6.42 Å². The minimum Gasteiger partial charge on any atom is -0.380 e. The van der Waals surface area contributed by atoms with Crippen LogP contribution >= 0.6 is 11.6 Å². The van der Waals surface area contributed by atoms with E-state index in [-0.39, 0.29) is 12.1 Å². The Balaban J connectivity index is 1.37. The van der Waals surface area contributed by atoms with Crippen molar-refractivity contribution in [3.05, 3.63) is 162 Å². The molecule has 4 nitrogen and oxygen atoms in total. The largest absolute Gasteiger partial charge is 0.380 e. The molecule has 2 N–H and O–H groups in total. The van der Waals surface area contributed by atoms with Gasteiger partial charge in [-0.15, -0.1) is 6.58 Å². The fourth-order valence-electron chi connectivity index (χ4n) is 5.37. The van der Waals surface area contributed by atoms with E-state index in [0.29, 0.717) is 6.42 Å². The summed E-state index contributed by atoms with van der Waals surface area (Å²) in [6, 6.07) is 16.2. The van der Waals surface area contributed by atoms with E-state index in [9.17, 15) is 0 Å². The van der Waals surface area contributed by atoms with Gasteiger partial charge >= 0.3 is 0 Å². The summed E-state index contributed by atoms with van der Waals surface area (Å²) in [5.74, 6) is 0. The smallest absolute Gasteiger partial charge is 0.0698 e. The molecule has 2 aromatic rings. The van der Waals surface area contributed by atoms with Crippen LogP contribution in [0, 0.1) is 6.92 Å². The molecule has 0 saturated heterocycles. The van der Waals surface area contributed by atoms with Crippen molar-refractivity contribution in [2.24, 2.45) is 4.99 Å². The second-order valence-electron chi connectivity index (χ2n) is 11.4. The maximum absolute atomic E-state index is 6.56. The summed E-state index contributed by atoms with van der Waals surface area (Å²) in [4.78, 5) is 6.89. The van der Waals surface area contributed by atoms with Crippen molar-refractivity contribution >= 4 is 22.9 Å². The third kappa shape index (κ3) is 7.97. The molecule has 2 aromatic carbocycles. The number of aryl methyl sites for hydroxylation is 2. The van der Waals surface area contributed by atoms with Gasteiger partial charge in [-0.1, -0.05) is 86.0 Å². The fourth-order valence-corrected chi connectivity index (χ4v) is 5.71. The van der Waals surface area contributed by atoms with Gasteiger partial charge in [0.15, 0.2) is 0 Å². The number of benzene rings is 2. The molecule has 43 heavy (non-hydrogen) atoms. The topological polar surface area (TPSA) is 39.7 Å². The first-order valence-corrected chi connectivity index (χ1v) is 15.1. The highest BCUT2D eigenvalue weighted by Gasteiger charge is 2.26. The first kappa shape index (κ1) is 31.7. The summed E-state index contributed by atoms with van der Waals surface area (Å²) in [7, 11) is 0. The molecule has 2 aliphatic rings. The molecule has 4 rings (SSSR count). The predicted molar refractivity (Wildman–Crippen MR) is 186 cm³/mol. The minimum atomic E-state index is -0.0979. The Morgan fingerprint density at radius 3 is 2.51 bits per heavy atom. The SMILES string of the molecule is C=C(C)CC(NC(=C)[C@H](C)N1C=CC=C(NC(=C)CCc2ccccc2)C1=C)C(=C)C1=NC=C(c2c(C)cccc2Cl)C1. The molecule has 222 valence electrons. The Hall–Kier alpha value is -4.28. The standard InChI is InChI=1S/C38H43ClN4/c1-25(2)22-37(28(5)36-23-33(24-40-36)38-26(3)14-12-17-34(38)39)42-29(6)30(7)43-21-13-18-35(31(43)8)41-27(4)19-20-32-15-10-9-11-16-32/h9-18,21,24,30,37,41-42H,1,4-6,8,19-20,22-23H2,2-3,7H3/t30-,37?/m0/s1. The summed E-state index contributed by atoms with van der Waals surface area (Å²) in [6.45, 7) is 27.9. The van der Waals surface area contributed by atoms with Crippen molar-refractivity contribution in [1.29, 1.82) is 0 Å². The van der Waals surface area contributed by atoms with E-state index >= 15 is 0 Å². The lowest BCUT2D eigenvalue weighted by Crippen LogP contribution is -2.41. The summed E-state index contributed by atoms with van der Waals surface area (Å²) in [6.07, 6.45) is 11.2. The van der Waals surface area contributed by atoms with E-state index in [4.69, 9.17) is 16.6 Å². The van der Waals surface area contributed by atoms with Crippen LogP contribution in [0.2, 0.25) is 5.02 Å². The number of nitrogens with zero attached hydrogens (tertiary/aromatic N) is 2. The monoisotopic (exact) mass is 590 g/mol. The number of aliphatic imine (C=N–C) groups is 1. The molecule has 2 atom stereocenters. The van der Waals surface area contributed by atoms with Crippen LogP contribution in [-0.4, -0.2) is 22.7 Å². The van der Waals surface area contributed by atoms with Gasteiger partial charge in [-0.25, -0.2) is 0 Å². The fraction of sp³-hybridized carbons (Fsp3) is 0.237. The number of nitrogens with one attached hydrogen (secondary N) is 2. The highest BCUT2D eigenvalue weighted by Crippen LogP contribution is 2.34. The number of halogens is 1. The van der Waals surface area contributed by atoms with Gasteiger partial charge < -0.3 is 15.5 Å². The zero-order valence-electron chi connectivity index (χ0n) is 25.7. The normalized spacial score (nSPS) is 15.7. The van der Waals surface area contributed by atoms with Crippen LogP contribution in [0.1, 0.15) is 49.8 Å². The molecule has 0 bridgehead atoms.